The van der Waals surface area contributed by atoms with Crippen molar-refractivity contribution in [3.63, 3.8) is 0 Å². The van der Waals surface area contributed by atoms with Crippen molar-refractivity contribution >= 4 is 27.5 Å². The summed E-state index contributed by atoms with van der Waals surface area (Å²) in [4.78, 5) is 14.7. The summed E-state index contributed by atoms with van der Waals surface area (Å²) < 4.78 is 26.2. The number of pyridine rings is 1. The molecule has 0 radical (unpaired) electrons. The molecule has 2 N–H and O–H groups in total. The monoisotopic (exact) mass is 275 g/mol. The SMILES string of the molecule is O=C1CC(NS(=O)(=O)c2ccc(Cl)nc2)CN1. The van der Waals surface area contributed by atoms with Crippen LogP contribution in [0.25, 0.3) is 0 Å². The molecule has 1 saturated heterocycles. The summed E-state index contributed by atoms with van der Waals surface area (Å²) in [5.74, 6) is -0.160. The van der Waals surface area contributed by atoms with Gasteiger partial charge in [-0.15, -0.1) is 0 Å². The summed E-state index contributed by atoms with van der Waals surface area (Å²) in [7, 11) is -3.65. The van der Waals surface area contributed by atoms with E-state index in [4.69, 9.17) is 11.6 Å². The molecule has 0 aliphatic carbocycles. The lowest BCUT2D eigenvalue weighted by Crippen LogP contribution is -2.36. The number of hydrogen-bond donors (Lipinski definition) is 2. The van der Waals surface area contributed by atoms with Crippen molar-refractivity contribution in [3.8, 4) is 0 Å². The van der Waals surface area contributed by atoms with E-state index in [2.05, 4.69) is 15.0 Å². The first-order chi connectivity index (χ1) is 7.97. The largest absolute Gasteiger partial charge is 0.354 e. The topological polar surface area (TPSA) is 88.2 Å². The molecule has 1 aliphatic rings. The predicted molar refractivity (Wildman–Crippen MR) is 61.0 cm³/mol. The number of carbonyl (C=O) groups is 1. The van der Waals surface area contributed by atoms with Gasteiger partial charge in [0.15, 0.2) is 0 Å². The zero-order valence-corrected chi connectivity index (χ0v) is 10.3. The van der Waals surface area contributed by atoms with E-state index in [1.807, 2.05) is 0 Å². The lowest BCUT2D eigenvalue weighted by Gasteiger charge is -2.10. The van der Waals surface area contributed by atoms with Crippen LogP contribution in [0.5, 0.6) is 0 Å². The van der Waals surface area contributed by atoms with Crippen LogP contribution in [0, 0.1) is 0 Å². The second kappa shape index (κ2) is 4.59. The third kappa shape index (κ3) is 2.93. The fourth-order valence-electron chi connectivity index (χ4n) is 1.50. The highest BCUT2D eigenvalue weighted by molar-refractivity contribution is 7.89. The van der Waals surface area contributed by atoms with E-state index in [9.17, 15) is 13.2 Å². The second-order valence-electron chi connectivity index (χ2n) is 3.64. The van der Waals surface area contributed by atoms with Crippen LogP contribution < -0.4 is 10.0 Å². The summed E-state index contributed by atoms with van der Waals surface area (Å²) in [6.45, 7) is 0.305. The van der Waals surface area contributed by atoms with Crippen molar-refractivity contribution in [2.45, 2.75) is 17.4 Å². The molecule has 6 nitrogen and oxygen atoms in total. The molecule has 1 aromatic heterocycles. The minimum atomic E-state index is -3.65. The molecule has 1 atom stereocenters. The van der Waals surface area contributed by atoms with E-state index in [0.29, 0.717) is 6.54 Å². The van der Waals surface area contributed by atoms with Gasteiger partial charge in [-0.3, -0.25) is 4.79 Å². The van der Waals surface area contributed by atoms with E-state index in [1.54, 1.807) is 0 Å². The van der Waals surface area contributed by atoms with Crippen LogP contribution in [0.3, 0.4) is 0 Å². The van der Waals surface area contributed by atoms with Crippen molar-refractivity contribution in [1.82, 2.24) is 15.0 Å². The summed E-state index contributed by atoms with van der Waals surface area (Å²) in [6, 6.07) is 2.35. The van der Waals surface area contributed by atoms with Gasteiger partial charge >= 0.3 is 0 Å². The van der Waals surface area contributed by atoms with Crippen LogP contribution in [-0.4, -0.2) is 31.9 Å². The Morgan fingerprint density at radius 3 is 2.76 bits per heavy atom. The van der Waals surface area contributed by atoms with E-state index >= 15 is 0 Å². The molecule has 1 aromatic rings. The number of nitrogens with one attached hydrogen (secondary N) is 2. The van der Waals surface area contributed by atoms with Crippen molar-refractivity contribution in [3.05, 3.63) is 23.5 Å². The first-order valence-electron chi connectivity index (χ1n) is 4.88. The van der Waals surface area contributed by atoms with Gasteiger partial charge in [-0.05, 0) is 12.1 Å². The van der Waals surface area contributed by atoms with E-state index in [0.717, 1.165) is 0 Å². The number of sulfonamides is 1. The highest BCUT2D eigenvalue weighted by Gasteiger charge is 2.26. The minimum absolute atomic E-state index is 0.0289. The molecule has 0 saturated carbocycles. The molecule has 92 valence electrons. The molecule has 2 heterocycles. The molecule has 0 aromatic carbocycles. The average Bonchev–Trinajstić information content (AvgIpc) is 2.63. The van der Waals surface area contributed by atoms with Gasteiger partial charge in [-0.2, -0.15) is 0 Å². The molecule has 1 unspecified atom stereocenters. The Kier molecular flexibility index (Phi) is 3.32. The maximum atomic E-state index is 11.9. The van der Waals surface area contributed by atoms with Crippen molar-refractivity contribution < 1.29 is 13.2 Å². The van der Waals surface area contributed by atoms with Gasteiger partial charge < -0.3 is 5.32 Å². The normalized spacial score (nSPS) is 20.3. The Morgan fingerprint density at radius 1 is 1.47 bits per heavy atom. The Labute approximate surface area is 103 Å². The molecule has 0 spiro atoms. The van der Waals surface area contributed by atoms with Gasteiger partial charge in [-0.1, -0.05) is 11.6 Å². The standard InChI is InChI=1S/C9H10ClN3O3S/c10-8-2-1-7(5-11-8)17(15,16)13-6-3-9(14)12-4-6/h1-2,5-6,13H,3-4H2,(H,12,14). The Morgan fingerprint density at radius 2 is 2.24 bits per heavy atom. The molecular weight excluding hydrogens is 266 g/mol. The zero-order chi connectivity index (χ0) is 12.5. The lowest BCUT2D eigenvalue weighted by atomic mass is 10.3. The average molecular weight is 276 g/mol. The number of hydrogen-bond acceptors (Lipinski definition) is 4. The summed E-state index contributed by atoms with van der Waals surface area (Å²) in [5, 5.41) is 2.77. The summed E-state index contributed by atoms with van der Waals surface area (Å²) >= 11 is 5.57. The van der Waals surface area contributed by atoms with Crippen LogP contribution in [0.4, 0.5) is 0 Å². The minimum Gasteiger partial charge on any atom is -0.354 e. The van der Waals surface area contributed by atoms with Crippen molar-refractivity contribution in [2.24, 2.45) is 0 Å². The Balaban J connectivity index is 2.14. The summed E-state index contributed by atoms with van der Waals surface area (Å²) in [6.07, 6.45) is 1.33. The molecule has 8 heteroatoms. The van der Waals surface area contributed by atoms with Crippen LogP contribution in [0.15, 0.2) is 23.2 Å². The number of nitrogens with zero attached hydrogens (tertiary/aromatic N) is 1. The molecule has 1 amide bonds. The highest BCUT2D eigenvalue weighted by Crippen LogP contribution is 2.12. The second-order valence-corrected chi connectivity index (χ2v) is 5.74. The van der Waals surface area contributed by atoms with Gasteiger partial charge in [0.05, 0.1) is 0 Å². The highest BCUT2D eigenvalue weighted by atomic mass is 35.5. The fraction of sp³-hybridized carbons (Fsp3) is 0.333. The Bertz CT molecular complexity index is 529. The van der Waals surface area contributed by atoms with Crippen LogP contribution in [-0.2, 0) is 14.8 Å². The van der Waals surface area contributed by atoms with Crippen LogP contribution in [0.1, 0.15) is 6.42 Å². The summed E-state index contributed by atoms with van der Waals surface area (Å²) in [5.41, 5.74) is 0. The maximum Gasteiger partial charge on any atom is 0.242 e. The molecule has 0 bridgehead atoms. The number of halogens is 1. The molecular formula is C9H10ClN3O3S. The van der Waals surface area contributed by atoms with Crippen molar-refractivity contribution in [1.29, 1.82) is 0 Å². The fourth-order valence-corrected chi connectivity index (χ4v) is 2.79. The first-order valence-corrected chi connectivity index (χ1v) is 6.74. The smallest absolute Gasteiger partial charge is 0.242 e. The number of rotatable bonds is 3. The molecule has 17 heavy (non-hydrogen) atoms. The Hall–Kier alpha value is -1.18. The van der Waals surface area contributed by atoms with Gasteiger partial charge in [0.2, 0.25) is 15.9 Å². The van der Waals surface area contributed by atoms with Crippen LogP contribution in [0.2, 0.25) is 5.15 Å². The van der Waals surface area contributed by atoms with E-state index in [-0.39, 0.29) is 22.4 Å². The maximum absolute atomic E-state index is 11.9. The van der Waals surface area contributed by atoms with Crippen LogP contribution >= 0.6 is 11.6 Å². The lowest BCUT2D eigenvalue weighted by molar-refractivity contribution is -0.119. The van der Waals surface area contributed by atoms with Gasteiger partial charge in [0.1, 0.15) is 10.0 Å². The number of carbonyl (C=O) groups excluding carboxylic acids is 1. The van der Waals surface area contributed by atoms with Gasteiger partial charge in [0, 0.05) is 25.2 Å². The molecule has 2 rings (SSSR count). The molecule has 1 fully saturated rings. The quantitative estimate of drug-likeness (QED) is 0.754. The van der Waals surface area contributed by atoms with Gasteiger partial charge in [0.25, 0.3) is 0 Å². The number of amides is 1. The third-order valence-corrected chi connectivity index (χ3v) is 4.04. The van der Waals surface area contributed by atoms with Crippen molar-refractivity contribution in [2.75, 3.05) is 6.54 Å². The van der Waals surface area contributed by atoms with E-state index in [1.165, 1.54) is 18.3 Å². The molecule has 1 aliphatic heterocycles. The predicted octanol–water partition coefficient (Wildman–Crippen LogP) is -0.0982. The zero-order valence-electron chi connectivity index (χ0n) is 8.68. The number of aromatic nitrogens is 1. The van der Waals surface area contributed by atoms with Gasteiger partial charge in [-0.25, -0.2) is 18.1 Å². The van der Waals surface area contributed by atoms with E-state index < -0.39 is 16.1 Å². The first kappa shape index (κ1) is 12.3. The third-order valence-electron chi connectivity index (χ3n) is 2.31.